The van der Waals surface area contributed by atoms with Crippen LogP contribution in [0.25, 0.3) is 0 Å². The Morgan fingerprint density at radius 3 is 1.48 bits per heavy atom. The van der Waals surface area contributed by atoms with Crippen molar-refractivity contribution in [3.05, 3.63) is 0 Å². The lowest BCUT2D eigenvalue weighted by molar-refractivity contribution is -0.148. The van der Waals surface area contributed by atoms with Crippen LogP contribution in [0.1, 0.15) is 117 Å². The fourth-order valence-electron chi connectivity index (χ4n) is 3.17. The lowest BCUT2D eigenvalue weighted by Crippen LogP contribution is -2.41. The number of rotatable bonds is 19. The summed E-state index contributed by atoms with van der Waals surface area (Å²) in [5.41, 5.74) is 0. The summed E-state index contributed by atoms with van der Waals surface area (Å²) in [6.45, 7) is 6.96. The van der Waals surface area contributed by atoms with Crippen LogP contribution in [0, 0.1) is 0 Å². The van der Waals surface area contributed by atoms with E-state index in [0.717, 1.165) is 25.7 Å². The molecule has 5 nitrogen and oxygen atoms in total. The Labute approximate surface area is 179 Å². The van der Waals surface area contributed by atoms with Gasteiger partial charge in [0.15, 0.2) is 0 Å². The molecule has 0 aromatic heterocycles. The van der Waals surface area contributed by atoms with E-state index in [2.05, 4.69) is 13.8 Å². The first-order chi connectivity index (χ1) is 14.0. The van der Waals surface area contributed by atoms with Crippen LogP contribution >= 0.6 is 0 Å². The molecule has 172 valence electrons. The van der Waals surface area contributed by atoms with Gasteiger partial charge in [-0.05, 0) is 19.8 Å². The van der Waals surface area contributed by atoms with Gasteiger partial charge in [-0.1, -0.05) is 97.3 Å². The number of nitrogens with zero attached hydrogens (tertiary/aromatic N) is 1. The normalized spacial score (nSPS) is 11.9. The highest BCUT2D eigenvalue weighted by Gasteiger charge is 2.24. The Bertz CT molecular complexity index is 400. The van der Waals surface area contributed by atoms with E-state index in [0.29, 0.717) is 13.2 Å². The highest BCUT2D eigenvalue weighted by atomic mass is 16.6. The number of amides is 1. The minimum atomic E-state index is -0.620. The maximum Gasteiger partial charge on any atom is 0.410 e. The standard InChI is InChI=1S/C24H47NO4/c1-5-7-9-11-13-14-15-17-18-20-28-23(26)22(3)25(4)24(27)29-21-19-16-12-10-8-6-2/h22H,5-21H2,1-4H3. The summed E-state index contributed by atoms with van der Waals surface area (Å²) in [6, 6.07) is -0.620. The molecule has 0 heterocycles. The van der Waals surface area contributed by atoms with Crippen LogP contribution in [-0.2, 0) is 14.3 Å². The number of unbranched alkanes of at least 4 members (excludes halogenated alkanes) is 13. The van der Waals surface area contributed by atoms with Gasteiger partial charge in [-0.2, -0.15) is 0 Å². The molecule has 0 aromatic carbocycles. The van der Waals surface area contributed by atoms with Gasteiger partial charge in [0.25, 0.3) is 0 Å². The summed E-state index contributed by atoms with van der Waals surface area (Å²) in [6.07, 6.45) is 17.5. The zero-order valence-electron chi connectivity index (χ0n) is 19.7. The summed E-state index contributed by atoms with van der Waals surface area (Å²) in [4.78, 5) is 25.5. The van der Waals surface area contributed by atoms with Crippen molar-refractivity contribution in [2.75, 3.05) is 20.3 Å². The average molecular weight is 414 g/mol. The molecule has 0 radical (unpaired) electrons. The molecular formula is C24H47NO4. The van der Waals surface area contributed by atoms with Crippen LogP contribution in [0.2, 0.25) is 0 Å². The molecular weight excluding hydrogens is 366 g/mol. The number of hydrogen-bond donors (Lipinski definition) is 0. The van der Waals surface area contributed by atoms with Gasteiger partial charge in [0.1, 0.15) is 6.04 Å². The second-order valence-electron chi connectivity index (χ2n) is 8.16. The zero-order valence-corrected chi connectivity index (χ0v) is 19.7. The van der Waals surface area contributed by atoms with Crippen LogP contribution in [0.3, 0.4) is 0 Å². The van der Waals surface area contributed by atoms with E-state index in [4.69, 9.17) is 9.47 Å². The molecule has 0 fully saturated rings. The molecule has 0 spiro atoms. The molecule has 0 rings (SSSR count). The third-order valence-corrected chi connectivity index (χ3v) is 5.43. The summed E-state index contributed by atoms with van der Waals surface area (Å²) in [5.74, 6) is -0.358. The third kappa shape index (κ3) is 16.2. The van der Waals surface area contributed by atoms with Crippen LogP contribution in [-0.4, -0.2) is 43.3 Å². The van der Waals surface area contributed by atoms with E-state index < -0.39 is 12.1 Å². The highest BCUT2D eigenvalue weighted by molar-refractivity contribution is 5.80. The van der Waals surface area contributed by atoms with Crippen molar-refractivity contribution < 1.29 is 19.1 Å². The van der Waals surface area contributed by atoms with Gasteiger partial charge in [0.2, 0.25) is 0 Å². The molecule has 0 saturated heterocycles. The summed E-state index contributed by atoms with van der Waals surface area (Å²) >= 11 is 0. The van der Waals surface area contributed by atoms with Crippen LogP contribution in [0.4, 0.5) is 4.79 Å². The quantitative estimate of drug-likeness (QED) is 0.171. The van der Waals surface area contributed by atoms with E-state index in [9.17, 15) is 9.59 Å². The predicted molar refractivity (Wildman–Crippen MR) is 120 cm³/mol. The SMILES string of the molecule is CCCCCCCCCCCOC(=O)C(C)N(C)C(=O)OCCCCCCCC. The van der Waals surface area contributed by atoms with Crippen molar-refractivity contribution in [1.82, 2.24) is 4.90 Å². The Hall–Kier alpha value is -1.26. The van der Waals surface area contributed by atoms with Crippen molar-refractivity contribution >= 4 is 12.1 Å². The van der Waals surface area contributed by atoms with Crippen molar-refractivity contribution in [3.63, 3.8) is 0 Å². The molecule has 0 aromatic rings. The molecule has 5 heteroatoms. The number of carbonyl (C=O) groups is 2. The Kier molecular flexibility index (Phi) is 19.2. The average Bonchev–Trinajstić information content (AvgIpc) is 2.72. The van der Waals surface area contributed by atoms with E-state index in [1.54, 1.807) is 14.0 Å². The van der Waals surface area contributed by atoms with Gasteiger partial charge in [-0.3, -0.25) is 4.90 Å². The monoisotopic (exact) mass is 413 g/mol. The fraction of sp³-hybridized carbons (Fsp3) is 0.917. The first-order valence-electron chi connectivity index (χ1n) is 12.1. The second kappa shape index (κ2) is 20.0. The van der Waals surface area contributed by atoms with Crippen LogP contribution < -0.4 is 0 Å². The minimum Gasteiger partial charge on any atom is -0.464 e. The fourth-order valence-corrected chi connectivity index (χ4v) is 3.17. The van der Waals surface area contributed by atoms with Crippen LogP contribution in [0.5, 0.6) is 0 Å². The van der Waals surface area contributed by atoms with Crippen molar-refractivity contribution in [3.8, 4) is 0 Å². The van der Waals surface area contributed by atoms with Crippen molar-refractivity contribution in [2.45, 2.75) is 123 Å². The van der Waals surface area contributed by atoms with Crippen molar-refractivity contribution in [2.24, 2.45) is 0 Å². The largest absolute Gasteiger partial charge is 0.464 e. The Balaban J connectivity index is 3.70. The first-order valence-corrected chi connectivity index (χ1v) is 12.1. The highest BCUT2D eigenvalue weighted by Crippen LogP contribution is 2.10. The van der Waals surface area contributed by atoms with E-state index in [1.807, 2.05) is 0 Å². The number of ether oxygens (including phenoxy) is 2. The van der Waals surface area contributed by atoms with Gasteiger partial charge < -0.3 is 9.47 Å². The molecule has 0 bridgehead atoms. The van der Waals surface area contributed by atoms with Crippen LogP contribution in [0.15, 0.2) is 0 Å². The maximum absolute atomic E-state index is 12.1. The molecule has 0 aliphatic carbocycles. The predicted octanol–water partition coefficient (Wildman–Crippen LogP) is 6.88. The van der Waals surface area contributed by atoms with E-state index in [1.165, 1.54) is 75.5 Å². The lowest BCUT2D eigenvalue weighted by atomic mass is 10.1. The molecule has 1 amide bonds. The second-order valence-corrected chi connectivity index (χ2v) is 8.16. The molecule has 29 heavy (non-hydrogen) atoms. The van der Waals surface area contributed by atoms with Gasteiger partial charge >= 0.3 is 12.1 Å². The molecule has 1 unspecified atom stereocenters. The molecule has 0 N–H and O–H groups in total. The first kappa shape index (κ1) is 27.7. The zero-order chi connectivity index (χ0) is 21.7. The van der Waals surface area contributed by atoms with E-state index in [-0.39, 0.29) is 5.97 Å². The Morgan fingerprint density at radius 1 is 0.655 bits per heavy atom. The summed E-state index contributed by atoms with van der Waals surface area (Å²) < 4.78 is 10.6. The number of hydrogen-bond acceptors (Lipinski definition) is 4. The smallest absolute Gasteiger partial charge is 0.410 e. The summed E-state index contributed by atoms with van der Waals surface area (Å²) in [5, 5.41) is 0. The van der Waals surface area contributed by atoms with Gasteiger partial charge in [-0.15, -0.1) is 0 Å². The number of carbonyl (C=O) groups excluding carboxylic acids is 2. The minimum absolute atomic E-state index is 0.358. The van der Waals surface area contributed by atoms with Gasteiger partial charge in [0.05, 0.1) is 13.2 Å². The lowest BCUT2D eigenvalue weighted by Gasteiger charge is -2.22. The molecule has 1 atom stereocenters. The van der Waals surface area contributed by atoms with Crippen molar-refractivity contribution in [1.29, 1.82) is 0 Å². The molecule has 0 aliphatic rings. The summed E-state index contributed by atoms with van der Waals surface area (Å²) in [7, 11) is 1.59. The van der Waals surface area contributed by atoms with Gasteiger partial charge in [-0.25, -0.2) is 9.59 Å². The third-order valence-electron chi connectivity index (χ3n) is 5.43. The maximum atomic E-state index is 12.1. The molecule has 0 aliphatic heterocycles. The Morgan fingerprint density at radius 2 is 1.03 bits per heavy atom. The van der Waals surface area contributed by atoms with Gasteiger partial charge in [0, 0.05) is 7.05 Å². The van der Waals surface area contributed by atoms with E-state index >= 15 is 0 Å². The molecule has 0 saturated carbocycles. The number of likely N-dealkylation sites (N-methyl/N-ethyl adjacent to an activating group) is 1. The topological polar surface area (TPSA) is 55.8 Å². The number of esters is 1.